The largest absolute Gasteiger partial charge is 0.376 e. The summed E-state index contributed by atoms with van der Waals surface area (Å²) < 4.78 is 5.81. The fourth-order valence-electron chi connectivity index (χ4n) is 3.40. The van der Waals surface area contributed by atoms with Crippen LogP contribution in [0.3, 0.4) is 0 Å². The number of rotatable bonds is 9. The summed E-state index contributed by atoms with van der Waals surface area (Å²) in [6, 6.07) is 18.4. The molecule has 1 unspecified atom stereocenters. The molecule has 0 aliphatic carbocycles. The van der Waals surface area contributed by atoms with Crippen molar-refractivity contribution in [2.75, 3.05) is 31.6 Å². The predicted molar refractivity (Wildman–Crippen MR) is 137 cm³/mol. The maximum atomic E-state index is 11.9. The molecular weight excluding hydrogens is 503 g/mol. The van der Waals surface area contributed by atoms with Crippen molar-refractivity contribution in [3.05, 3.63) is 65.7 Å². The topological polar surface area (TPSA) is 66.0 Å². The van der Waals surface area contributed by atoms with Gasteiger partial charge in [0.05, 0.1) is 13.2 Å². The molecule has 2 aromatic carbocycles. The van der Waals surface area contributed by atoms with Crippen LogP contribution in [0.5, 0.6) is 0 Å². The molecule has 1 heterocycles. The van der Waals surface area contributed by atoms with E-state index in [4.69, 9.17) is 4.74 Å². The van der Waals surface area contributed by atoms with E-state index in [-0.39, 0.29) is 29.9 Å². The number of benzene rings is 2. The van der Waals surface area contributed by atoms with Gasteiger partial charge in [-0.15, -0.1) is 24.0 Å². The number of halogens is 1. The third kappa shape index (κ3) is 8.14. The summed E-state index contributed by atoms with van der Waals surface area (Å²) in [4.78, 5) is 18.0. The van der Waals surface area contributed by atoms with E-state index >= 15 is 0 Å². The highest BCUT2D eigenvalue weighted by Gasteiger charge is 2.21. The van der Waals surface area contributed by atoms with Crippen LogP contribution in [0.4, 0.5) is 5.69 Å². The molecule has 1 atom stereocenters. The number of amides is 1. The van der Waals surface area contributed by atoms with E-state index in [2.05, 4.69) is 46.8 Å². The van der Waals surface area contributed by atoms with Crippen LogP contribution in [-0.2, 0) is 22.7 Å². The fourth-order valence-corrected chi connectivity index (χ4v) is 3.40. The average Bonchev–Trinajstić information content (AvgIpc) is 3.21. The lowest BCUT2D eigenvalue weighted by Crippen LogP contribution is -2.39. The Morgan fingerprint density at radius 2 is 1.84 bits per heavy atom. The number of carbonyl (C=O) groups excluding carboxylic acids is 1. The van der Waals surface area contributed by atoms with Gasteiger partial charge in [-0.2, -0.15) is 0 Å². The third-order valence-electron chi connectivity index (χ3n) is 5.14. The maximum absolute atomic E-state index is 11.9. The number of nitrogens with zero attached hydrogens (tertiary/aromatic N) is 2. The first-order valence-corrected chi connectivity index (χ1v) is 10.6. The molecule has 0 aromatic heterocycles. The van der Waals surface area contributed by atoms with Gasteiger partial charge in [0.15, 0.2) is 5.96 Å². The Hall–Kier alpha value is -2.13. The third-order valence-corrected chi connectivity index (χ3v) is 5.14. The van der Waals surface area contributed by atoms with Gasteiger partial charge in [0, 0.05) is 38.8 Å². The van der Waals surface area contributed by atoms with Gasteiger partial charge in [0.1, 0.15) is 0 Å². The van der Waals surface area contributed by atoms with Crippen LogP contribution in [0, 0.1) is 5.92 Å². The van der Waals surface area contributed by atoms with E-state index in [9.17, 15) is 4.79 Å². The van der Waals surface area contributed by atoms with Gasteiger partial charge in [0.25, 0.3) is 0 Å². The van der Waals surface area contributed by atoms with Crippen molar-refractivity contribution in [2.24, 2.45) is 10.9 Å². The van der Waals surface area contributed by atoms with Gasteiger partial charge in [-0.3, -0.25) is 9.79 Å². The van der Waals surface area contributed by atoms with Gasteiger partial charge in [-0.1, -0.05) is 49.4 Å². The minimum absolute atomic E-state index is 0. The van der Waals surface area contributed by atoms with Gasteiger partial charge < -0.3 is 20.3 Å². The van der Waals surface area contributed by atoms with Crippen LogP contribution in [0.15, 0.2) is 59.6 Å². The number of ether oxygens (including phenoxy) is 1. The van der Waals surface area contributed by atoms with Crippen LogP contribution in [0.1, 0.15) is 30.9 Å². The summed E-state index contributed by atoms with van der Waals surface area (Å²) >= 11 is 0. The first-order chi connectivity index (χ1) is 14.7. The summed E-state index contributed by atoms with van der Waals surface area (Å²) in [6.07, 6.45) is 1.60. The molecule has 0 bridgehead atoms. The normalized spacial score (nSPS) is 14.8. The zero-order chi connectivity index (χ0) is 21.2. The van der Waals surface area contributed by atoms with Crippen LogP contribution in [-0.4, -0.2) is 38.6 Å². The smallest absolute Gasteiger partial charge is 0.227 e. The molecule has 7 heteroatoms. The van der Waals surface area contributed by atoms with Crippen molar-refractivity contribution >= 4 is 41.5 Å². The van der Waals surface area contributed by atoms with Gasteiger partial charge >= 0.3 is 0 Å². The standard InChI is InChI=1S/C24H32N4O2.HI/c1-19(17-30-18-21-7-4-3-5-8-21)15-26-24(25-2)27-16-20-10-12-22(13-11-20)28-14-6-9-23(28)29;/h3-5,7-8,10-13,19H,6,9,14-18H2,1-2H3,(H2,25,26,27);1H. The van der Waals surface area contributed by atoms with E-state index in [0.29, 0.717) is 32.1 Å². The van der Waals surface area contributed by atoms with Crippen LogP contribution in [0.25, 0.3) is 0 Å². The average molecular weight is 536 g/mol. The lowest BCUT2D eigenvalue weighted by atomic mass is 10.2. The first kappa shape index (κ1) is 25.1. The molecule has 0 saturated carbocycles. The second-order valence-corrected chi connectivity index (χ2v) is 7.73. The van der Waals surface area contributed by atoms with E-state index in [0.717, 1.165) is 36.7 Å². The molecule has 1 fully saturated rings. The monoisotopic (exact) mass is 536 g/mol. The quantitative estimate of drug-likeness (QED) is 0.290. The molecule has 6 nitrogen and oxygen atoms in total. The number of aliphatic imine (C=N–C) groups is 1. The summed E-state index contributed by atoms with van der Waals surface area (Å²) in [6.45, 7) is 5.76. The number of hydrogen-bond acceptors (Lipinski definition) is 3. The Kier molecular flexibility index (Phi) is 10.8. The minimum atomic E-state index is 0. The molecule has 1 aliphatic heterocycles. The zero-order valence-corrected chi connectivity index (χ0v) is 20.7. The second kappa shape index (κ2) is 13.3. The highest BCUT2D eigenvalue weighted by molar-refractivity contribution is 14.0. The summed E-state index contributed by atoms with van der Waals surface area (Å²) in [7, 11) is 1.77. The van der Waals surface area contributed by atoms with Gasteiger partial charge in [0.2, 0.25) is 5.91 Å². The molecule has 0 spiro atoms. The molecule has 0 radical (unpaired) electrons. The highest BCUT2D eigenvalue weighted by atomic mass is 127. The highest BCUT2D eigenvalue weighted by Crippen LogP contribution is 2.21. The molecule has 3 rings (SSSR count). The van der Waals surface area contributed by atoms with E-state index in [1.54, 1.807) is 7.05 Å². The fraction of sp³-hybridized carbons (Fsp3) is 0.417. The lowest BCUT2D eigenvalue weighted by molar-refractivity contribution is -0.117. The molecule has 1 amide bonds. The molecular formula is C24H33IN4O2. The van der Waals surface area contributed by atoms with Crippen molar-refractivity contribution in [2.45, 2.75) is 32.9 Å². The maximum Gasteiger partial charge on any atom is 0.227 e. The Balaban J connectivity index is 0.00000341. The summed E-state index contributed by atoms with van der Waals surface area (Å²) in [5, 5.41) is 6.69. The molecule has 1 saturated heterocycles. The van der Waals surface area contributed by atoms with Crippen LogP contribution < -0.4 is 15.5 Å². The Morgan fingerprint density at radius 1 is 1.10 bits per heavy atom. The molecule has 2 aromatic rings. The predicted octanol–water partition coefficient (Wildman–Crippen LogP) is 3.95. The molecule has 2 N–H and O–H groups in total. The lowest BCUT2D eigenvalue weighted by Gasteiger charge is -2.17. The minimum Gasteiger partial charge on any atom is -0.376 e. The summed E-state index contributed by atoms with van der Waals surface area (Å²) in [5.41, 5.74) is 3.32. The van der Waals surface area contributed by atoms with Crippen molar-refractivity contribution in [3.63, 3.8) is 0 Å². The van der Waals surface area contributed by atoms with Gasteiger partial charge in [-0.05, 0) is 35.6 Å². The molecule has 1 aliphatic rings. The van der Waals surface area contributed by atoms with Gasteiger partial charge in [-0.25, -0.2) is 0 Å². The number of carbonyl (C=O) groups is 1. The van der Waals surface area contributed by atoms with E-state index in [1.165, 1.54) is 5.56 Å². The number of guanidine groups is 1. The number of nitrogens with one attached hydrogen (secondary N) is 2. The van der Waals surface area contributed by atoms with Crippen LogP contribution in [0.2, 0.25) is 0 Å². The van der Waals surface area contributed by atoms with Crippen molar-refractivity contribution in [1.82, 2.24) is 10.6 Å². The first-order valence-electron chi connectivity index (χ1n) is 10.6. The molecule has 31 heavy (non-hydrogen) atoms. The molecule has 168 valence electrons. The SMILES string of the molecule is CN=C(NCc1ccc(N2CCCC2=O)cc1)NCC(C)COCc1ccccc1.I. The van der Waals surface area contributed by atoms with Crippen LogP contribution >= 0.6 is 24.0 Å². The van der Waals surface area contributed by atoms with E-state index in [1.807, 2.05) is 35.2 Å². The number of hydrogen-bond donors (Lipinski definition) is 2. The van der Waals surface area contributed by atoms with E-state index < -0.39 is 0 Å². The second-order valence-electron chi connectivity index (χ2n) is 7.73. The Bertz CT molecular complexity index is 827. The van der Waals surface area contributed by atoms with Crippen molar-refractivity contribution in [3.8, 4) is 0 Å². The van der Waals surface area contributed by atoms with Crippen molar-refractivity contribution in [1.29, 1.82) is 0 Å². The Morgan fingerprint density at radius 3 is 2.48 bits per heavy atom. The summed E-state index contributed by atoms with van der Waals surface area (Å²) in [5.74, 6) is 1.35. The Labute approximate surface area is 202 Å². The zero-order valence-electron chi connectivity index (χ0n) is 18.3. The van der Waals surface area contributed by atoms with Crippen molar-refractivity contribution < 1.29 is 9.53 Å². The number of anilines is 1.